The number of nitrogens with zero attached hydrogens (tertiary/aromatic N) is 1. The van der Waals surface area contributed by atoms with Gasteiger partial charge in [0.05, 0.1) is 11.4 Å². The highest BCUT2D eigenvalue weighted by Gasteiger charge is 2.32. The largest absolute Gasteiger partial charge is 0.292 e. The third-order valence-electron chi connectivity index (χ3n) is 1.80. The SMILES string of the molecule is ClC1NCNC2NN=CC12. The second kappa shape index (κ2) is 2.38. The van der Waals surface area contributed by atoms with Crippen LogP contribution < -0.4 is 16.1 Å². The first-order valence-electron chi connectivity index (χ1n) is 3.27. The number of nitrogens with one attached hydrogen (secondary N) is 3. The molecule has 2 rings (SSSR count). The fourth-order valence-corrected chi connectivity index (χ4v) is 1.50. The van der Waals surface area contributed by atoms with Gasteiger partial charge in [0.15, 0.2) is 0 Å². The van der Waals surface area contributed by atoms with E-state index in [9.17, 15) is 0 Å². The molecule has 4 nitrogen and oxygen atoms in total. The molecule has 0 spiro atoms. The van der Waals surface area contributed by atoms with E-state index >= 15 is 0 Å². The van der Waals surface area contributed by atoms with E-state index in [1.54, 1.807) is 0 Å². The molecule has 0 aliphatic carbocycles. The highest BCUT2D eigenvalue weighted by molar-refractivity contribution is 6.21. The summed E-state index contributed by atoms with van der Waals surface area (Å²) in [5.74, 6) is 0.274. The van der Waals surface area contributed by atoms with Gasteiger partial charge in [0.1, 0.15) is 6.17 Å². The maximum atomic E-state index is 5.94. The smallest absolute Gasteiger partial charge is 0.105 e. The number of halogens is 1. The van der Waals surface area contributed by atoms with Crippen molar-refractivity contribution in [2.24, 2.45) is 11.0 Å². The van der Waals surface area contributed by atoms with Crippen LogP contribution in [0.4, 0.5) is 0 Å². The molecule has 0 bridgehead atoms. The predicted octanol–water partition coefficient (Wildman–Crippen LogP) is -0.767. The van der Waals surface area contributed by atoms with E-state index in [0.29, 0.717) is 0 Å². The fraction of sp³-hybridized carbons (Fsp3) is 0.800. The van der Waals surface area contributed by atoms with Gasteiger partial charge in [-0.15, -0.1) is 11.6 Å². The minimum absolute atomic E-state index is 0.00463. The number of rotatable bonds is 0. The maximum Gasteiger partial charge on any atom is 0.105 e. The molecule has 3 atom stereocenters. The maximum absolute atomic E-state index is 5.94. The van der Waals surface area contributed by atoms with Crippen LogP contribution in [0.3, 0.4) is 0 Å². The Hall–Kier alpha value is -0.320. The molecule has 2 aliphatic rings. The van der Waals surface area contributed by atoms with Gasteiger partial charge in [-0.3, -0.25) is 16.1 Å². The molecule has 0 amide bonds. The normalized spacial score (nSPS) is 44.7. The average molecular weight is 161 g/mol. The summed E-state index contributed by atoms with van der Waals surface area (Å²) >= 11 is 5.94. The number of alkyl halides is 1. The van der Waals surface area contributed by atoms with Crippen molar-refractivity contribution < 1.29 is 0 Å². The minimum atomic E-state index is 0.00463. The molecule has 5 heteroatoms. The highest BCUT2D eigenvalue weighted by Crippen LogP contribution is 2.15. The molecule has 2 heterocycles. The molecule has 0 saturated carbocycles. The van der Waals surface area contributed by atoms with Crippen LogP contribution in [0.2, 0.25) is 0 Å². The van der Waals surface area contributed by atoms with Crippen LogP contribution in [0.15, 0.2) is 5.10 Å². The van der Waals surface area contributed by atoms with Gasteiger partial charge in [-0.1, -0.05) is 0 Å². The van der Waals surface area contributed by atoms with Crippen LogP contribution in [0, 0.1) is 5.92 Å². The Balaban J connectivity index is 2.08. The van der Waals surface area contributed by atoms with Gasteiger partial charge in [0, 0.05) is 12.9 Å². The van der Waals surface area contributed by atoms with Crippen molar-refractivity contribution in [3.05, 3.63) is 0 Å². The predicted molar refractivity (Wildman–Crippen MR) is 39.7 cm³/mol. The van der Waals surface area contributed by atoms with Gasteiger partial charge >= 0.3 is 0 Å². The van der Waals surface area contributed by atoms with Crippen molar-refractivity contribution in [1.29, 1.82) is 0 Å². The van der Waals surface area contributed by atoms with E-state index < -0.39 is 0 Å². The highest BCUT2D eigenvalue weighted by atomic mass is 35.5. The standard InChI is InChI=1S/C5H9ClN4/c6-4-3-1-9-10-5(3)8-2-7-4/h1,3-5,7-8,10H,2H2. The van der Waals surface area contributed by atoms with Crippen molar-refractivity contribution in [2.45, 2.75) is 11.7 Å². The lowest BCUT2D eigenvalue weighted by molar-refractivity contribution is 0.300. The van der Waals surface area contributed by atoms with E-state index in [-0.39, 0.29) is 17.6 Å². The van der Waals surface area contributed by atoms with Gasteiger partial charge in [-0.2, -0.15) is 5.10 Å². The Morgan fingerprint density at radius 2 is 2.40 bits per heavy atom. The van der Waals surface area contributed by atoms with E-state index in [2.05, 4.69) is 21.2 Å². The van der Waals surface area contributed by atoms with E-state index in [1.807, 2.05) is 6.21 Å². The average Bonchev–Trinajstić information content (AvgIpc) is 2.36. The summed E-state index contributed by atoms with van der Waals surface area (Å²) in [5, 5.41) is 10.2. The summed E-state index contributed by atoms with van der Waals surface area (Å²) in [4.78, 5) is 0. The minimum Gasteiger partial charge on any atom is -0.292 e. The molecule has 0 aromatic carbocycles. The molecule has 10 heavy (non-hydrogen) atoms. The Morgan fingerprint density at radius 3 is 3.20 bits per heavy atom. The third-order valence-corrected chi connectivity index (χ3v) is 2.25. The molecule has 2 aliphatic heterocycles. The zero-order chi connectivity index (χ0) is 6.97. The van der Waals surface area contributed by atoms with Gasteiger partial charge < -0.3 is 0 Å². The Morgan fingerprint density at radius 1 is 1.50 bits per heavy atom. The molecule has 0 aromatic rings. The van der Waals surface area contributed by atoms with Crippen LogP contribution in [-0.2, 0) is 0 Å². The Bertz CT molecular complexity index is 160. The molecule has 1 fully saturated rings. The lowest BCUT2D eigenvalue weighted by atomic mass is 10.1. The number of hydrogen-bond donors (Lipinski definition) is 3. The quantitative estimate of drug-likeness (QED) is 0.322. The summed E-state index contributed by atoms with van der Waals surface area (Å²) < 4.78 is 0. The van der Waals surface area contributed by atoms with Crippen molar-refractivity contribution in [1.82, 2.24) is 16.1 Å². The number of hydrogen-bond acceptors (Lipinski definition) is 4. The van der Waals surface area contributed by atoms with E-state index in [4.69, 9.17) is 11.6 Å². The number of fused-ring (bicyclic) bond motifs is 1. The number of hydrazone groups is 1. The summed E-state index contributed by atoms with van der Waals surface area (Å²) in [6, 6.07) is 0. The summed E-state index contributed by atoms with van der Waals surface area (Å²) in [6.07, 6.45) is 2.06. The second-order valence-corrected chi connectivity index (χ2v) is 2.92. The first kappa shape index (κ1) is 6.39. The van der Waals surface area contributed by atoms with Crippen LogP contribution in [0.25, 0.3) is 0 Å². The molecule has 1 saturated heterocycles. The van der Waals surface area contributed by atoms with Crippen molar-refractivity contribution in [3.8, 4) is 0 Å². The van der Waals surface area contributed by atoms with Crippen molar-refractivity contribution in [2.75, 3.05) is 6.67 Å². The zero-order valence-electron chi connectivity index (χ0n) is 5.34. The molecule has 3 N–H and O–H groups in total. The van der Waals surface area contributed by atoms with E-state index in [1.165, 1.54) is 0 Å². The van der Waals surface area contributed by atoms with Gasteiger partial charge in [-0.25, -0.2) is 0 Å². The van der Waals surface area contributed by atoms with Gasteiger partial charge in [-0.05, 0) is 0 Å². The lowest BCUT2D eigenvalue weighted by Gasteiger charge is -2.29. The molecular weight excluding hydrogens is 152 g/mol. The Kier molecular flexibility index (Phi) is 1.52. The van der Waals surface area contributed by atoms with Crippen LogP contribution in [0.1, 0.15) is 0 Å². The Labute approximate surface area is 64.0 Å². The topological polar surface area (TPSA) is 48.4 Å². The zero-order valence-corrected chi connectivity index (χ0v) is 6.10. The summed E-state index contributed by atoms with van der Waals surface area (Å²) in [7, 11) is 0. The van der Waals surface area contributed by atoms with Gasteiger partial charge in [0.25, 0.3) is 0 Å². The first-order valence-corrected chi connectivity index (χ1v) is 3.71. The third kappa shape index (κ3) is 0.885. The fourth-order valence-electron chi connectivity index (χ4n) is 1.21. The lowest BCUT2D eigenvalue weighted by Crippen LogP contribution is -2.57. The molecular formula is C5H9ClN4. The van der Waals surface area contributed by atoms with Crippen molar-refractivity contribution in [3.63, 3.8) is 0 Å². The van der Waals surface area contributed by atoms with Crippen LogP contribution >= 0.6 is 11.6 Å². The monoisotopic (exact) mass is 160 g/mol. The molecule has 56 valence electrons. The summed E-state index contributed by atoms with van der Waals surface area (Å²) in [5.41, 5.74) is 2.93. The van der Waals surface area contributed by atoms with Crippen LogP contribution in [-0.4, -0.2) is 24.6 Å². The first-order chi connectivity index (χ1) is 4.88. The molecule has 0 radical (unpaired) electrons. The molecule has 0 aromatic heterocycles. The second-order valence-electron chi connectivity index (χ2n) is 2.45. The molecule has 3 unspecified atom stereocenters. The van der Waals surface area contributed by atoms with Gasteiger partial charge in [0.2, 0.25) is 0 Å². The van der Waals surface area contributed by atoms with E-state index in [0.717, 1.165) is 6.67 Å². The van der Waals surface area contributed by atoms with Crippen LogP contribution in [0.5, 0.6) is 0 Å². The summed E-state index contributed by atoms with van der Waals surface area (Å²) in [6.45, 7) is 0.742. The van der Waals surface area contributed by atoms with Crippen molar-refractivity contribution >= 4 is 17.8 Å².